The molecule has 0 bridgehead atoms. The van der Waals surface area contributed by atoms with E-state index in [2.05, 4.69) is 86.8 Å². The number of nitrogens with zero attached hydrogens (tertiary/aromatic N) is 4. The second kappa shape index (κ2) is 15.0. The minimum Gasteiger partial charge on any atom is -0.423 e. The van der Waals surface area contributed by atoms with Crippen LogP contribution in [0.2, 0.25) is 0 Å². The summed E-state index contributed by atoms with van der Waals surface area (Å²) in [6.07, 6.45) is 6.63. The Morgan fingerprint density at radius 3 is 2.05 bits per heavy atom. The maximum Gasteiger partial charge on any atom is 0.219 e. The van der Waals surface area contributed by atoms with Crippen LogP contribution < -0.4 is 4.90 Å². The van der Waals surface area contributed by atoms with Gasteiger partial charge in [-0.1, -0.05) is 69.2 Å². The van der Waals surface area contributed by atoms with Crippen LogP contribution in [0, 0.1) is 17.7 Å². The maximum absolute atomic E-state index is 13.6. The van der Waals surface area contributed by atoms with Gasteiger partial charge in [-0.25, -0.2) is 9.37 Å². The van der Waals surface area contributed by atoms with Crippen molar-refractivity contribution in [3.05, 3.63) is 83.1 Å². The number of halogens is 1. The molecule has 1 aliphatic carbocycles. The third-order valence-corrected chi connectivity index (χ3v) is 9.16. The third-order valence-electron chi connectivity index (χ3n) is 9.16. The van der Waals surface area contributed by atoms with Gasteiger partial charge in [-0.2, -0.15) is 0 Å². The Morgan fingerprint density at radius 2 is 1.49 bits per heavy atom. The van der Waals surface area contributed by atoms with E-state index in [9.17, 15) is 4.39 Å². The van der Waals surface area contributed by atoms with E-state index in [1.165, 1.54) is 36.8 Å². The van der Waals surface area contributed by atoms with Gasteiger partial charge < -0.3 is 14.2 Å². The van der Waals surface area contributed by atoms with Crippen LogP contribution in [0.1, 0.15) is 94.6 Å². The monoisotopic (exact) mass is 562 g/mol. The van der Waals surface area contributed by atoms with E-state index in [1.54, 1.807) is 12.1 Å². The Morgan fingerprint density at radius 1 is 0.854 bits per heavy atom. The summed E-state index contributed by atoms with van der Waals surface area (Å²) in [5, 5.41) is 0. The summed E-state index contributed by atoms with van der Waals surface area (Å²) in [6.45, 7) is 12.6. The van der Waals surface area contributed by atoms with Gasteiger partial charge in [0.05, 0.1) is 6.04 Å². The first-order valence-corrected chi connectivity index (χ1v) is 15.8. The molecule has 41 heavy (non-hydrogen) atoms. The van der Waals surface area contributed by atoms with Crippen molar-refractivity contribution in [2.24, 2.45) is 11.8 Å². The van der Waals surface area contributed by atoms with Crippen LogP contribution in [0.25, 0.3) is 0 Å². The second-order valence-corrected chi connectivity index (χ2v) is 11.9. The summed E-state index contributed by atoms with van der Waals surface area (Å²) < 4.78 is 20.3. The van der Waals surface area contributed by atoms with Gasteiger partial charge in [-0.15, -0.1) is 0 Å². The number of anilines is 1. The largest absolute Gasteiger partial charge is 0.423 e. The van der Waals surface area contributed by atoms with E-state index >= 15 is 0 Å². The quantitative estimate of drug-likeness (QED) is 0.198. The van der Waals surface area contributed by atoms with Gasteiger partial charge in [0.25, 0.3) is 0 Å². The first-order chi connectivity index (χ1) is 19.9. The summed E-state index contributed by atoms with van der Waals surface area (Å²) in [5.74, 6) is 2.85. The predicted molar refractivity (Wildman–Crippen MR) is 168 cm³/mol. The molecule has 1 saturated carbocycles. The van der Waals surface area contributed by atoms with Crippen molar-refractivity contribution < 1.29 is 8.81 Å². The molecule has 0 saturated heterocycles. The Hall–Kier alpha value is -2.70. The van der Waals surface area contributed by atoms with Gasteiger partial charge in [0.1, 0.15) is 11.5 Å². The lowest BCUT2D eigenvalue weighted by Gasteiger charge is -2.39. The van der Waals surface area contributed by atoms with Crippen LogP contribution in [-0.2, 0) is 6.42 Å². The molecule has 2 aromatic carbocycles. The lowest BCUT2D eigenvalue weighted by molar-refractivity contribution is 0.112. The van der Waals surface area contributed by atoms with Crippen molar-refractivity contribution in [1.29, 1.82) is 0 Å². The molecule has 0 aliphatic heterocycles. The zero-order valence-electron chi connectivity index (χ0n) is 26.2. The maximum atomic E-state index is 13.6. The fraction of sp³-hybridized carbons (Fsp3) is 0.571. The topological polar surface area (TPSA) is 35.8 Å². The molecule has 224 valence electrons. The van der Waals surface area contributed by atoms with Gasteiger partial charge >= 0.3 is 0 Å². The van der Waals surface area contributed by atoms with Crippen molar-refractivity contribution in [3.8, 4) is 0 Å². The Bertz CT molecular complexity index is 1160. The van der Waals surface area contributed by atoms with E-state index < -0.39 is 0 Å². The van der Waals surface area contributed by atoms with Gasteiger partial charge in [0.2, 0.25) is 11.8 Å². The molecule has 4 rings (SSSR count). The van der Waals surface area contributed by atoms with Crippen molar-refractivity contribution in [1.82, 2.24) is 14.8 Å². The van der Waals surface area contributed by atoms with E-state index in [1.807, 2.05) is 12.1 Å². The van der Waals surface area contributed by atoms with E-state index in [-0.39, 0.29) is 11.9 Å². The summed E-state index contributed by atoms with van der Waals surface area (Å²) in [6, 6.07) is 18.2. The molecule has 0 N–H and O–H groups in total. The minimum absolute atomic E-state index is 0.167. The van der Waals surface area contributed by atoms with Crippen LogP contribution in [0.3, 0.4) is 0 Å². The SMILES string of the molecule is CCN(CC)c1oc(C(CC2CCC(C(c3ccc(F)cc3)N(C)C)CC2)N(CC)CC)nc1Cc1ccccc1. The highest BCUT2D eigenvalue weighted by Crippen LogP contribution is 2.43. The number of hydrogen-bond acceptors (Lipinski definition) is 5. The van der Waals surface area contributed by atoms with Crippen LogP contribution in [0.15, 0.2) is 59.0 Å². The molecule has 0 spiro atoms. The van der Waals surface area contributed by atoms with Crippen LogP contribution in [0.5, 0.6) is 0 Å². The molecule has 1 aliphatic rings. The first kappa shape index (κ1) is 31.2. The summed E-state index contributed by atoms with van der Waals surface area (Å²) in [5.41, 5.74) is 3.52. The highest BCUT2D eigenvalue weighted by Gasteiger charge is 2.34. The number of aromatic nitrogens is 1. The molecule has 5 nitrogen and oxygen atoms in total. The summed E-state index contributed by atoms with van der Waals surface area (Å²) in [4.78, 5) is 12.4. The van der Waals surface area contributed by atoms with Crippen molar-refractivity contribution in [3.63, 3.8) is 0 Å². The lowest BCUT2D eigenvalue weighted by Crippen LogP contribution is -2.33. The molecule has 6 heteroatoms. The molecule has 3 aromatic rings. The normalized spacial score (nSPS) is 19.0. The smallest absolute Gasteiger partial charge is 0.219 e. The number of oxazole rings is 1. The van der Waals surface area contributed by atoms with Crippen molar-refractivity contribution in [2.75, 3.05) is 45.2 Å². The third kappa shape index (κ3) is 7.78. The van der Waals surface area contributed by atoms with Gasteiger partial charge in [0, 0.05) is 25.6 Å². The highest BCUT2D eigenvalue weighted by atomic mass is 19.1. The number of hydrogen-bond donors (Lipinski definition) is 0. The van der Waals surface area contributed by atoms with Crippen molar-refractivity contribution >= 4 is 5.88 Å². The predicted octanol–water partition coefficient (Wildman–Crippen LogP) is 8.13. The molecule has 0 amide bonds. The van der Waals surface area contributed by atoms with Gasteiger partial charge in [-0.3, -0.25) is 4.90 Å². The molecular weight excluding hydrogens is 511 g/mol. The molecule has 1 heterocycles. The average Bonchev–Trinajstić information content (AvgIpc) is 3.39. The van der Waals surface area contributed by atoms with E-state index in [0.717, 1.165) is 56.5 Å². The first-order valence-electron chi connectivity index (χ1n) is 15.8. The fourth-order valence-electron chi connectivity index (χ4n) is 6.94. The highest BCUT2D eigenvalue weighted by molar-refractivity contribution is 5.43. The Labute approximate surface area is 247 Å². The average molecular weight is 563 g/mol. The standard InChI is InChI=1S/C35H51FN4O/c1-7-39(8-2)32(34-37-31(24-26-14-12-11-13-15-26)35(41-34)40(9-3)10-4)25-27-16-18-28(19-17-27)33(38(5)6)29-20-22-30(36)23-21-29/h11-15,20-23,27-28,32-33H,7-10,16-19,24-25H2,1-6H3. The molecule has 2 atom stereocenters. The zero-order valence-corrected chi connectivity index (χ0v) is 26.2. The molecule has 2 unspecified atom stereocenters. The Kier molecular flexibility index (Phi) is 11.4. The number of benzene rings is 2. The van der Waals surface area contributed by atoms with E-state index in [0.29, 0.717) is 17.9 Å². The van der Waals surface area contributed by atoms with E-state index in [4.69, 9.17) is 9.40 Å². The molecule has 0 radical (unpaired) electrons. The molecule has 1 fully saturated rings. The fourth-order valence-corrected chi connectivity index (χ4v) is 6.94. The van der Waals surface area contributed by atoms with Crippen LogP contribution in [-0.4, -0.2) is 55.1 Å². The number of rotatable bonds is 14. The van der Waals surface area contributed by atoms with Crippen LogP contribution >= 0.6 is 0 Å². The van der Waals surface area contributed by atoms with Crippen molar-refractivity contribution in [2.45, 2.75) is 78.3 Å². The second-order valence-electron chi connectivity index (χ2n) is 11.9. The van der Waals surface area contributed by atoms with Gasteiger partial charge in [0.15, 0.2) is 0 Å². The molecular formula is C35H51FN4O. The Balaban J connectivity index is 1.53. The molecule has 1 aromatic heterocycles. The summed E-state index contributed by atoms with van der Waals surface area (Å²) >= 11 is 0. The van der Waals surface area contributed by atoms with Gasteiger partial charge in [-0.05, 0) is 95.4 Å². The minimum atomic E-state index is -0.167. The summed E-state index contributed by atoms with van der Waals surface area (Å²) in [7, 11) is 4.30. The van der Waals surface area contributed by atoms with Crippen LogP contribution in [0.4, 0.5) is 10.3 Å². The lowest BCUT2D eigenvalue weighted by atomic mass is 9.74. The zero-order chi connectivity index (χ0) is 29.4.